The normalized spacial score (nSPS) is 12.4. The number of carbonyl (C=O) groups excluding carboxylic acids is 1. The Morgan fingerprint density at radius 2 is 1.88 bits per heavy atom. The van der Waals surface area contributed by atoms with Crippen LogP contribution in [0, 0.1) is 0 Å². The lowest BCUT2D eigenvalue weighted by Gasteiger charge is -2.31. The van der Waals surface area contributed by atoms with Crippen molar-refractivity contribution in [2.45, 2.75) is 45.6 Å². The Bertz CT molecular complexity index is 921. The van der Waals surface area contributed by atoms with Crippen LogP contribution < -0.4 is 15.0 Å². The molecule has 1 amide bonds. The number of fused-ring (bicyclic) bond motifs is 1. The van der Waals surface area contributed by atoms with Crippen LogP contribution in [-0.4, -0.2) is 58.8 Å². The van der Waals surface area contributed by atoms with Crippen molar-refractivity contribution in [3.63, 3.8) is 0 Å². The van der Waals surface area contributed by atoms with Crippen LogP contribution in [0.2, 0.25) is 0 Å². The molecule has 2 aromatic rings. The average molecular weight is 458 g/mol. The smallest absolute Gasteiger partial charge is 0.414 e. The van der Waals surface area contributed by atoms with Gasteiger partial charge in [-0.1, -0.05) is 26.0 Å². The van der Waals surface area contributed by atoms with Gasteiger partial charge < -0.3 is 25.2 Å². The zero-order valence-corrected chi connectivity index (χ0v) is 19.0. The number of benzene rings is 1. The van der Waals surface area contributed by atoms with Gasteiger partial charge in [-0.3, -0.25) is 9.78 Å². The van der Waals surface area contributed by atoms with E-state index in [-0.39, 0.29) is 5.91 Å². The average Bonchev–Trinajstić information content (AvgIpc) is 2.81. The number of hydrogen-bond acceptors (Lipinski definition) is 6. The summed E-state index contributed by atoms with van der Waals surface area (Å²) in [4.78, 5) is 37.2. The van der Waals surface area contributed by atoms with Gasteiger partial charge in [-0.25, -0.2) is 9.59 Å². The number of amides is 1. The molecule has 2 heterocycles. The van der Waals surface area contributed by atoms with Crippen LogP contribution in [0.1, 0.15) is 49.0 Å². The number of hydrogen-bond donors (Lipinski definition) is 3. The molecule has 1 aliphatic rings. The van der Waals surface area contributed by atoms with E-state index in [1.165, 1.54) is 5.56 Å². The van der Waals surface area contributed by atoms with Crippen molar-refractivity contribution in [3.8, 4) is 5.75 Å². The molecule has 1 aromatic heterocycles. The van der Waals surface area contributed by atoms with Crippen molar-refractivity contribution in [2.24, 2.45) is 0 Å². The molecule has 3 N–H and O–H groups in total. The van der Waals surface area contributed by atoms with Gasteiger partial charge in [-0.2, -0.15) is 0 Å². The van der Waals surface area contributed by atoms with Crippen molar-refractivity contribution < 1.29 is 29.3 Å². The third-order valence-electron chi connectivity index (χ3n) is 4.90. The molecule has 3 rings (SSSR count). The number of para-hydroxylation sites is 1. The molecule has 0 unspecified atom stereocenters. The van der Waals surface area contributed by atoms with Crippen LogP contribution in [0.5, 0.6) is 5.75 Å². The number of ether oxygens (including phenoxy) is 1. The Labute approximate surface area is 193 Å². The lowest BCUT2D eigenvalue weighted by Crippen LogP contribution is -2.36. The summed E-state index contributed by atoms with van der Waals surface area (Å²) < 4.78 is 6.09. The highest BCUT2D eigenvalue weighted by Gasteiger charge is 2.27. The number of aliphatic carboxylic acids is 2. The predicted octanol–water partition coefficient (Wildman–Crippen LogP) is 2.99. The fourth-order valence-corrected chi connectivity index (χ4v) is 3.38. The first-order valence-electron chi connectivity index (χ1n) is 11.0. The summed E-state index contributed by atoms with van der Waals surface area (Å²) in [6.45, 7) is 6.67. The van der Waals surface area contributed by atoms with E-state index in [0.717, 1.165) is 43.7 Å². The molecule has 0 atom stereocenters. The predicted molar refractivity (Wildman–Crippen MR) is 124 cm³/mol. The highest BCUT2D eigenvalue weighted by Crippen LogP contribution is 2.37. The number of aromatic nitrogens is 1. The lowest BCUT2D eigenvalue weighted by atomic mass is 10.00. The van der Waals surface area contributed by atoms with E-state index in [1.54, 1.807) is 18.5 Å². The molecule has 1 aliphatic heterocycles. The van der Waals surface area contributed by atoms with Gasteiger partial charge in [-0.15, -0.1) is 0 Å². The summed E-state index contributed by atoms with van der Waals surface area (Å²) in [5, 5.41) is 18.2. The Balaban J connectivity index is 0.000000569. The molecule has 0 saturated heterocycles. The van der Waals surface area contributed by atoms with Crippen LogP contribution in [0.4, 0.5) is 5.69 Å². The van der Waals surface area contributed by atoms with Gasteiger partial charge in [0, 0.05) is 25.0 Å². The molecule has 178 valence electrons. The molecule has 0 aliphatic carbocycles. The lowest BCUT2D eigenvalue weighted by molar-refractivity contribution is -0.159. The standard InChI is InChI=1S/C22H29N3O2.C2H2O4/c1-17(2)24-13-3-4-15-27-20-11-5-8-18-10-7-14-25(21(18)20)22(26)19-9-6-12-23-16-19;3-1(4)2(5)6/h5-6,8-9,11-12,16-17,24H,3-4,7,10,13-15H2,1-2H3;(H,3,4)(H,5,6). The van der Waals surface area contributed by atoms with E-state index in [9.17, 15) is 4.79 Å². The first-order valence-corrected chi connectivity index (χ1v) is 11.0. The summed E-state index contributed by atoms with van der Waals surface area (Å²) in [6.07, 6.45) is 7.31. The van der Waals surface area contributed by atoms with E-state index < -0.39 is 11.9 Å². The van der Waals surface area contributed by atoms with Crippen LogP contribution in [0.15, 0.2) is 42.7 Å². The molecular weight excluding hydrogens is 426 g/mol. The summed E-state index contributed by atoms with van der Waals surface area (Å²) in [5.41, 5.74) is 2.72. The third kappa shape index (κ3) is 8.19. The molecule has 0 spiro atoms. The van der Waals surface area contributed by atoms with E-state index >= 15 is 0 Å². The van der Waals surface area contributed by atoms with Gasteiger partial charge in [0.1, 0.15) is 5.75 Å². The monoisotopic (exact) mass is 457 g/mol. The highest BCUT2D eigenvalue weighted by atomic mass is 16.5. The summed E-state index contributed by atoms with van der Waals surface area (Å²) in [7, 11) is 0. The van der Waals surface area contributed by atoms with Crippen molar-refractivity contribution in [1.29, 1.82) is 0 Å². The zero-order chi connectivity index (χ0) is 24.2. The second-order valence-electron chi connectivity index (χ2n) is 7.84. The number of carboxylic acid groups (broad SMARTS) is 2. The number of nitrogens with zero attached hydrogens (tertiary/aromatic N) is 2. The van der Waals surface area contributed by atoms with Crippen molar-refractivity contribution in [2.75, 3.05) is 24.6 Å². The van der Waals surface area contributed by atoms with E-state index in [0.29, 0.717) is 24.8 Å². The van der Waals surface area contributed by atoms with Gasteiger partial charge in [0.15, 0.2) is 0 Å². The molecule has 0 fully saturated rings. The molecule has 9 heteroatoms. The number of nitrogens with one attached hydrogen (secondary N) is 1. The SMILES string of the molecule is CC(C)NCCCCOc1cccc2c1N(C(=O)c1cccnc1)CCC2.O=C(O)C(=O)O. The van der Waals surface area contributed by atoms with Crippen LogP contribution in [0.25, 0.3) is 0 Å². The Morgan fingerprint density at radius 1 is 1.12 bits per heavy atom. The Kier molecular flexibility index (Phi) is 10.3. The van der Waals surface area contributed by atoms with Crippen molar-refractivity contribution in [3.05, 3.63) is 53.9 Å². The number of unbranched alkanes of at least 4 members (excludes halogenated alkanes) is 1. The minimum atomic E-state index is -1.82. The number of rotatable bonds is 8. The van der Waals surface area contributed by atoms with Crippen LogP contribution in [0.3, 0.4) is 0 Å². The minimum Gasteiger partial charge on any atom is -0.491 e. The maximum atomic E-state index is 13.0. The van der Waals surface area contributed by atoms with E-state index in [4.69, 9.17) is 24.5 Å². The second-order valence-corrected chi connectivity index (χ2v) is 7.84. The number of pyridine rings is 1. The van der Waals surface area contributed by atoms with Crippen LogP contribution in [-0.2, 0) is 16.0 Å². The van der Waals surface area contributed by atoms with Gasteiger partial charge in [-0.05, 0) is 56.0 Å². The highest BCUT2D eigenvalue weighted by molar-refractivity contribution is 6.27. The second kappa shape index (κ2) is 13.2. The molecule has 33 heavy (non-hydrogen) atoms. The number of carbonyl (C=O) groups is 3. The number of carboxylic acids is 2. The Morgan fingerprint density at radius 3 is 2.52 bits per heavy atom. The molecule has 0 saturated carbocycles. The Hall–Kier alpha value is -3.46. The molecule has 0 radical (unpaired) electrons. The fraction of sp³-hybridized carbons (Fsp3) is 0.417. The minimum absolute atomic E-state index is 0.0127. The van der Waals surface area contributed by atoms with Gasteiger partial charge in [0.2, 0.25) is 0 Å². The van der Waals surface area contributed by atoms with E-state index in [2.05, 4.69) is 30.2 Å². The van der Waals surface area contributed by atoms with Crippen LogP contribution >= 0.6 is 0 Å². The largest absolute Gasteiger partial charge is 0.491 e. The molecule has 1 aromatic carbocycles. The maximum absolute atomic E-state index is 13.0. The first kappa shape index (κ1) is 25.8. The van der Waals surface area contributed by atoms with Crippen molar-refractivity contribution >= 4 is 23.5 Å². The summed E-state index contributed by atoms with van der Waals surface area (Å²) in [6, 6.07) is 10.2. The van der Waals surface area contributed by atoms with Crippen molar-refractivity contribution in [1.82, 2.24) is 10.3 Å². The maximum Gasteiger partial charge on any atom is 0.414 e. The zero-order valence-electron chi connectivity index (χ0n) is 19.0. The fourth-order valence-electron chi connectivity index (χ4n) is 3.38. The third-order valence-corrected chi connectivity index (χ3v) is 4.90. The topological polar surface area (TPSA) is 129 Å². The first-order chi connectivity index (χ1) is 15.8. The quantitative estimate of drug-likeness (QED) is 0.408. The summed E-state index contributed by atoms with van der Waals surface area (Å²) in [5.74, 6) is -2.85. The summed E-state index contributed by atoms with van der Waals surface area (Å²) >= 11 is 0. The van der Waals surface area contributed by atoms with Gasteiger partial charge >= 0.3 is 11.9 Å². The number of anilines is 1. The molecule has 9 nitrogen and oxygen atoms in total. The van der Waals surface area contributed by atoms with E-state index in [1.807, 2.05) is 23.1 Å². The molecular formula is C24H31N3O6. The molecule has 0 bridgehead atoms. The van der Waals surface area contributed by atoms with Gasteiger partial charge in [0.25, 0.3) is 5.91 Å². The number of aryl methyl sites for hydroxylation is 1. The van der Waals surface area contributed by atoms with Gasteiger partial charge in [0.05, 0.1) is 17.9 Å².